The number of para-hydroxylation sites is 2. The summed E-state index contributed by atoms with van der Waals surface area (Å²) in [4.78, 5) is 15.2. The Morgan fingerprint density at radius 2 is 2.24 bits per heavy atom. The maximum absolute atomic E-state index is 11.0. The third kappa shape index (κ3) is 4.39. The molecule has 2 heterocycles. The van der Waals surface area contributed by atoms with Crippen LogP contribution in [-0.2, 0) is 4.74 Å². The average molecular weight is 347 g/mol. The minimum atomic E-state index is -0.383. The van der Waals surface area contributed by atoms with Crippen molar-refractivity contribution in [1.82, 2.24) is 10.6 Å². The third-order valence-corrected chi connectivity index (χ3v) is 4.57. The van der Waals surface area contributed by atoms with Crippen LogP contribution in [0.4, 0.5) is 11.4 Å². The van der Waals surface area contributed by atoms with Crippen molar-refractivity contribution in [1.29, 1.82) is 0 Å². The fourth-order valence-electron chi connectivity index (χ4n) is 3.43. The molecule has 3 atom stereocenters. The number of ether oxygens (including phenoxy) is 1. The fraction of sp³-hybridized carbons (Fsp3) is 0.588. The quantitative estimate of drug-likeness (QED) is 0.229. The molecule has 3 N–H and O–H groups in total. The summed E-state index contributed by atoms with van der Waals surface area (Å²) in [6.45, 7) is 3.85. The van der Waals surface area contributed by atoms with Gasteiger partial charge in [0.15, 0.2) is 5.96 Å². The Bertz CT molecular complexity index is 636. The van der Waals surface area contributed by atoms with Crippen LogP contribution in [0.25, 0.3) is 0 Å². The van der Waals surface area contributed by atoms with Crippen LogP contribution in [0.3, 0.4) is 0 Å². The molecule has 1 aromatic carbocycles. The average Bonchev–Trinajstić information content (AvgIpc) is 3.22. The number of guanidine groups is 1. The molecule has 0 aromatic heterocycles. The van der Waals surface area contributed by atoms with E-state index < -0.39 is 0 Å². The standard InChI is InChI=1S/C17H25N5O3/c1-2-18-17(21-14-11-12-7-8-16(14)25-12)20-10-9-19-13-5-3-4-6-15(13)22(23)24/h3-6,12,14,16,19H,2,7-11H2,1H3,(H2,18,20,21). The molecule has 0 spiro atoms. The van der Waals surface area contributed by atoms with E-state index in [2.05, 4.69) is 20.9 Å². The first-order chi connectivity index (χ1) is 12.2. The number of nitrogens with one attached hydrogen (secondary N) is 3. The molecule has 0 radical (unpaired) electrons. The van der Waals surface area contributed by atoms with Gasteiger partial charge >= 0.3 is 0 Å². The van der Waals surface area contributed by atoms with Crippen LogP contribution in [0.1, 0.15) is 26.2 Å². The van der Waals surface area contributed by atoms with Gasteiger partial charge in [0.05, 0.1) is 29.7 Å². The number of benzene rings is 1. The van der Waals surface area contributed by atoms with Crippen molar-refractivity contribution in [2.75, 3.05) is 25.0 Å². The first-order valence-corrected chi connectivity index (χ1v) is 8.85. The van der Waals surface area contributed by atoms with Gasteiger partial charge in [0.25, 0.3) is 5.69 Å². The summed E-state index contributed by atoms with van der Waals surface area (Å²) < 4.78 is 5.86. The zero-order valence-corrected chi connectivity index (χ0v) is 14.4. The van der Waals surface area contributed by atoms with Crippen molar-refractivity contribution in [2.24, 2.45) is 4.99 Å². The van der Waals surface area contributed by atoms with Crippen LogP contribution in [0.5, 0.6) is 0 Å². The highest BCUT2D eigenvalue weighted by molar-refractivity contribution is 5.80. The number of hydrogen-bond acceptors (Lipinski definition) is 5. The number of hydrogen-bond donors (Lipinski definition) is 3. The minimum absolute atomic E-state index is 0.0793. The monoisotopic (exact) mass is 347 g/mol. The summed E-state index contributed by atoms with van der Waals surface area (Å²) in [6, 6.07) is 6.95. The van der Waals surface area contributed by atoms with Gasteiger partial charge in [0, 0.05) is 19.2 Å². The number of rotatable bonds is 7. The number of nitro groups is 1. The van der Waals surface area contributed by atoms with E-state index in [9.17, 15) is 10.1 Å². The second kappa shape index (κ2) is 8.15. The van der Waals surface area contributed by atoms with E-state index in [1.165, 1.54) is 6.07 Å². The second-order valence-electron chi connectivity index (χ2n) is 6.32. The number of nitrogens with zero attached hydrogens (tertiary/aromatic N) is 2. The van der Waals surface area contributed by atoms with Crippen molar-refractivity contribution < 1.29 is 9.66 Å². The Morgan fingerprint density at radius 3 is 2.92 bits per heavy atom. The molecule has 1 aromatic rings. The molecule has 2 bridgehead atoms. The molecule has 8 heteroatoms. The fourth-order valence-corrected chi connectivity index (χ4v) is 3.43. The van der Waals surface area contributed by atoms with Gasteiger partial charge in [0.2, 0.25) is 0 Å². The second-order valence-corrected chi connectivity index (χ2v) is 6.32. The first kappa shape index (κ1) is 17.5. The molecule has 136 valence electrons. The van der Waals surface area contributed by atoms with Crippen molar-refractivity contribution >= 4 is 17.3 Å². The molecule has 3 unspecified atom stereocenters. The van der Waals surface area contributed by atoms with E-state index in [0.717, 1.165) is 31.8 Å². The van der Waals surface area contributed by atoms with Crippen LogP contribution in [0, 0.1) is 10.1 Å². The van der Waals surface area contributed by atoms with Crippen LogP contribution in [0.2, 0.25) is 0 Å². The molecule has 2 aliphatic heterocycles. The molecule has 25 heavy (non-hydrogen) atoms. The Kier molecular flexibility index (Phi) is 5.70. The highest BCUT2D eigenvalue weighted by Gasteiger charge is 2.41. The van der Waals surface area contributed by atoms with E-state index in [1.54, 1.807) is 18.2 Å². The van der Waals surface area contributed by atoms with Gasteiger partial charge in [-0.05, 0) is 32.3 Å². The minimum Gasteiger partial charge on any atom is -0.378 e. The molecule has 0 saturated carbocycles. The lowest BCUT2D eigenvalue weighted by Crippen LogP contribution is -2.47. The smallest absolute Gasteiger partial charge is 0.292 e. The van der Waals surface area contributed by atoms with Crippen molar-refractivity contribution in [2.45, 2.75) is 44.4 Å². The first-order valence-electron chi connectivity index (χ1n) is 8.85. The number of nitro benzene ring substituents is 1. The van der Waals surface area contributed by atoms with E-state index >= 15 is 0 Å². The maximum atomic E-state index is 11.0. The molecular formula is C17H25N5O3. The van der Waals surface area contributed by atoms with Crippen LogP contribution >= 0.6 is 0 Å². The summed E-state index contributed by atoms with van der Waals surface area (Å²) >= 11 is 0. The van der Waals surface area contributed by atoms with Gasteiger partial charge in [0.1, 0.15) is 5.69 Å². The van der Waals surface area contributed by atoms with E-state index in [4.69, 9.17) is 4.74 Å². The molecule has 0 aliphatic carbocycles. The van der Waals surface area contributed by atoms with Crippen molar-refractivity contribution in [3.8, 4) is 0 Å². The molecule has 2 saturated heterocycles. The van der Waals surface area contributed by atoms with E-state index in [0.29, 0.717) is 37.0 Å². The van der Waals surface area contributed by atoms with Gasteiger partial charge in [-0.15, -0.1) is 0 Å². The highest BCUT2D eigenvalue weighted by Crippen LogP contribution is 2.34. The third-order valence-electron chi connectivity index (χ3n) is 4.57. The predicted molar refractivity (Wildman–Crippen MR) is 97.0 cm³/mol. The SMILES string of the molecule is CCNC(=NCCNc1ccccc1[N+](=O)[O-])NC1CC2CCC1O2. The Hall–Kier alpha value is -2.35. The van der Waals surface area contributed by atoms with Crippen LogP contribution in [-0.4, -0.2) is 48.8 Å². The Labute approximate surface area is 147 Å². The summed E-state index contributed by atoms with van der Waals surface area (Å²) in [5, 5.41) is 20.8. The van der Waals surface area contributed by atoms with Gasteiger partial charge in [-0.1, -0.05) is 12.1 Å². The van der Waals surface area contributed by atoms with Gasteiger partial charge in [-0.2, -0.15) is 0 Å². The molecule has 2 aliphatic rings. The number of anilines is 1. The van der Waals surface area contributed by atoms with E-state index in [1.807, 2.05) is 6.92 Å². The molecule has 8 nitrogen and oxygen atoms in total. The topological polar surface area (TPSA) is 101 Å². The summed E-state index contributed by atoms with van der Waals surface area (Å²) in [6.07, 6.45) is 3.99. The maximum Gasteiger partial charge on any atom is 0.292 e. The molecule has 0 amide bonds. The van der Waals surface area contributed by atoms with Crippen molar-refractivity contribution in [3.05, 3.63) is 34.4 Å². The van der Waals surface area contributed by atoms with E-state index in [-0.39, 0.29) is 10.6 Å². The molecular weight excluding hydrogens is 322 g/mol. The number of aliphatic imine (C=N–C) groups is 1. The summed E-state index contributed by atoms with van der Waals surface area (Å²) in [5.74, 6) is 0.771. The summed E-state index contributed by atoms with van der Waals surface area (Å²) in [7, 11) is 0. The van der Waals surface area contributed by atoms with Crippen LogP contribution in [0.15, 0.2) is 29.3 Å². The normalized spacial score (nSPS) is 25.0. The molecule has 3 rings (SSSR count). The largest absolute Gasteiger partial charge is 0.378 e. The zero-order valence-electron chi connectivity index (χ0n) is 14.4. The van der Waals surface area contributed by atoms with Gasteiger partial charge in [-0.25, -0.2) is 0 Å². The predicted octanol–water partition coefficient (Wildman–Crippen LogP) is 1.88. The van der Waals surface area contributed by atoms with Crippen LogP contribution < -0.4 is 16.0 Å². The number of fused-ring (bicyclic) bond motifs is 2. The van der Waals surface area contributed by atoms with Gasteiger partial charge < -0.3 is 20.7 Å². The van der Waals surface area contributed by atoms with Gasteiger partial charge in [-0.3, -0.25) is 15.1 Å². The Morgan fingerprint density at radius 1 is 1.40 bits per heavy atom. The zero-order chi connectivity index (χ0) is 17.6. The highest BCUT2D eigenvalue weighted by atomic mass is 16.6. The lowest BCUT2D eigenvalue weighted by Gasteiger charge is -2.22. The molecule has 2 fully saturated rings. The lowest BCUT2D eigenvalue weighted by molar-refractivity contribution is -0.384. The summed E-state index contributed by atoms with van der Waals surface area (Å²) in [5.41, 5.74) is 0.595. The lowest BCUT2D eigenvalue weighted by atomic mass is 9.96. The Balaban J connectivity index is 1.51. The van der Waals surface area contributed by atoms with Crippen molar-refractivity contribution in [3.63, 3.8) is 0 Å².